The van der Waals surface area contributed by atoms with Gasteiger partial charge >= 0.3 is 0 Å². The predicted molar refractivity (Wildman–Crippen MR) is 91.4 cm³/mol. The number of aliphatic hydroxyl groups excluding tert-OH is 1. The number of benzene rings is 2. The Morgan fingerprint density at radius 2 is 1.83 bits per heavy atom. The molecule has 2 aromatic carbocycles. The first kappa shape index (κ1) is 16.4. The van der Waals surface area contributed by atoms with Gasteiger partial charge in [0, 0.05) is 22.2 Å². The molecule has 0 aliphatic rings. The molecule has 1 aromatic heterocycles. The molecule has 6 heteroatoms. The van der Waals surface area contributed by atoms with Crippen LogP contribution in [-0.2, 0) is 6.61 Å². The van der Waals surface area contributed by atoms with Gasteiger partial charge in [-0.1, -0.05) is 16.8 Å². The lowest BCUT2D eigenvalue weighted by atomic mass is 10.0. The van der Waals surface area contributed by atoms with Crippen LogP contribution in [0.1, 0.15) is 5.56 Å². The number of aliphatic hydroxyl groups is 1. The van der Waals surface area contributed by atoms with E-state index in [4.69, 9.17) is 25.6 Å². The molecule has 1 heterocycles. The van der Waals surface area contributed by atoms with Gasteiger partial charge in [-0.05, 0) is 36.4 Å². The van der Waals surface area contributed by atoms with Gasteiger partial charge < -0.3 is 19.1 Å². The van der Waals surface area contributed by atoms with E-state index in [1.165, 1.54) is 0 Å². The Morgan fingerprint density at radius 1 is 1.08 bits per heavy atom. The second-order valence-electron chi connectivity index (χ2n) is 5.07. The average molecular weight is 346 g/mol. The minimum Gasteiger partial charge on any atom is -0.497 e. The van der Waals surface area contributed by atoms with Crippen LogP contribution >= 0.6 is 11.6 Å². The van der Waals surface area contributed by atoms with Gasteiger partial charge in [-0.25, -0.2) is 0 Å². The monoisotopic (exact) mass is 345 g/mol. The third-order valence-electron chi connectivity index (χ3n) is 3.72. The average Bonchev–Trinajstić information content (AvgIpc) is 3.05. The Balaban J connectivity index is 2.11. The maximum atomic E-state index is 9.84. The first-order chi connectivity index (χ1) is 11.7. The Bertz CT molecular complexity index is 843. The molecule has 0 saturated heterocycles. The van der Waals surface area contributed by atoms with Gasteiger partial charge in [0.1, 0.15) is 17.2 Å². The van der Waals surface area contributed by atoms with Gasteiger partial charge in [-0.15, -0.1) is 0 Å². The zero-order valence-electron chi connectivity index (χ0n) is 13.2. The van der Waals surface area contributed by atoms with Crippen LogP contribution in [0, 0.1) is 0 Å². The fraction of sp³-hybridized carbons (Fsp3) is 0.167. The highest BCUT2D eigenvalue weighted by Crippen LogP contribution is 2.38. The van der Waals surface area contributed by atoms with E-state index in [0.717, 1.165) is 5.56 Å². The normalized spacial score (nSPS) is 10.7. The highest BCUT2D eigenvalue weighted by molar-refractivity contribution is 6.30. The van der Waals surface area contributed by atoms with Crippen molar-refractivity contribution < 1.29 is 19.1 Å². The number of methoxy groups -OCH3 is 2. The topological polar surface area (TPSA) is 64.7 Å². The molecule has 0 unspecified atom stereocenters. The minimum absolute atomic E-state index is 0.216. The number of ether oxygens (including phenoxy) is 2. The fourth-order valence-electron chi connectivity index (χ4n) is 2.49. The van der Waals surface area contributed by atoms with Crippen LogP contribution in [0.15, 0.2) is 47.0 Å². The summed E-state index contributed by atoms with van der Waals surface area (Å²) >= 11 is 5.92. The van der Waals surface area contributed by atoms with Crippen LogP contribution in [0.2, 0.25) is 5.02 Å². The molecule has 0 bridgehead atoms. The van der Waals surface area contributed by atoms with Crippen molar-refractivity contribution in [2.45, 2.75) is 6.61 Å². The minimum atomic E-state index is -0.216. The molecule has 0 spiro atoms. The van der Waals surface area contributed by atoms with Gasteiger partial charge in [-0.2, -0.15) is 0 Å². The zero-order valence-corrected chi connectivity index (χ0v) is 14.0. The highest BCUT2D eigenvalue weighted by Gasteiger charge is 2.21. The van der Waals surface area contributed by atoms with E-state index < -0.39 is 0 Å². The van der Waals surface area contributed by atoms with Crippen LogP contribution in [-0.4, -0.2) is 24.5 Å². The molecule has 24 heavy (non-hydrogen) atoms. The molecule has 5 nitrogen and oxygen atoms in total. The molecule has 0 atom stereocenters. The molecule has 0 fully saturated rings. The van der Waals surface area contributed by atoms with Crippen LogP contribution in [0.3, 0.4) is 0 Å². The summed E-state index contributed by atoms with van der Waals surface area (Å²) in [5, 5.41) is 14.6. The lowest BCUT2D eigenvalue weighted by molar-refractivity contribution is 0.281. The van der Waals surface area contributed by atoms with E-state index in [-0.39, 0.29) is 6.61 Å². The number of hydrogen-bond acceptors (Lipinski definition) is 5. The fourth-order valence-corrected chi connectivity index (χ4v) is 2.62. The molecule has 0 saturated carbocycles. The number of aromatic nitrogens is 1. The number of hydrogen-bond donors (Lipinski definition) is 1. The van der Waals surface area contributed by atoms with Crippen LogP contribution in [0.25, 0.3) is 22.6 Å². The van der Waals surface area contributed by atoms with E-state index in [1.807, 2.05) is 18.2 Å². The third kappa shape index (κ3) is 2.96. The molecule has 0 radical (unpaired) electrons. The van der Waals surface area contributed by atoms with Crippen molar-refractivity contribution in [1.29, 1.82) is 0 Å². The summed E-state index contributed by atoms with van der Waals surface area (Å²) in [6, 6.07) is 12.5. The van der Waals surface area contributed by atoms with Crippen molar-refractivity contribution in [2.24, 2.45) is 0 Å². The van der Waals surface area contributed by atoms with Crippen LogP contribution in [0.4, 0.5) is 0 Å². The Hall–Kier alpha value is -2.50. The van der Waals surface area contributed by atoms with Gasteiger partial charge in [0.05, 0.1) is 26.4 Å². The van der Waals surface area contributed by atoms with Gasteiger partial charge in [0.15, 0.2) is 5.76 Å². The van der Waals surface area contributed by atoms with Crippen LogP contribution < -0.4 is 9.47 Å². The summed E-state index contributed by atoms with van der Waals surface area (Å²) in [5.74, 6) is 1.75. The van der Waals surface area contributed by atoms with Crippen molar-refractivity contribution in [3.05, 3.63) is 53.1 Å². The maximum Gasteiger partial charge on any atom is 0.173 e. The van der Waals surface area contributed by atoms with Gasteiger partial charge in [0.25, 0.3) is 0 Å². The molecule has 0 aliphatic carbocycles. The third-order valence-corrected chi connectivity index (χ3v) is 3.97. The number of halogens is 1. The van der Waals surface area contributed by atoms with Gasteiger partial charge in [-0.3, -0.25) is 0 Å². The highest BCUT2D eigenvalue weighted by atomic mass is 35.5. The molecule has 3 rings (SSSR count). The predicted octanol–water partition coefficient (Wildman–Crippen LogP) is 4.17. The molecule has 3 aromatic rings. The van der Waals surface area contributed by atoms with Crippen molar-refractivity contribution in [3.63, 3.8) is 0 Å². The van der Waals surface area contributed by atoms with Crippen LogP contribution in [0.5, 0.6) is 11.5 Å². The van der Waals surface area contributed by atoms with Crippen molar-refractivity contribution in [1.82, 2.24) is 5.16 Å². The summed E-state index contributed by atoms with van der Waals surface area (Å²) in [6.07, 6.45) is 0. The van der Waals surface area contributed by atoms with E-state index >= 15 is 0 Å². The summed E-state index contributed by atoms with van der Waals surface area (Å²) in [7, 11) is 3.15. The van der Waals surface area contributed by atoms with Crippen molar-refractivity contribution >= 4 is 11.6 Å². The summed E-state index contributed by atoms with van der Waals surface area (Å²) in [6.45, 7) is -0.216. The summed E-state index contributed by atoms with van der Waals surface area (Å²) < 4.78 is 16.1. The second-order valence-corrected chi connectivity index (χ2v) is 5.51. The number of nitrogens with zero attached hydrogens (tertiary/aromatic N) is 1. The molecule has 0 aliphatic heterocycles. The largest absolute Gasteiger partial charge is 0.497 e. The SMILES string of the molecule is COc1ccc(-c2noc(-c3ccc(Cl)cc3)c2CO)c(OC)c1. The second kappa shape index (κ2) is 6.95. The van der Waals surface area contributed by atoms with Crippen molar-refractivity contribution in [3.8, 4) is 34.1 Å². The van der Waals surface area contributed by atoms with Crippen molar-refractivity contribution in [2.75, 3.05) is 14.2 Å². The maximum absolute atomic E-state index is 9.84. The zero-order chi connectivity index (χ0) is 17.1. The summed E-state index contributed by atoms with van der Waals surface area (Å²) in [5.41, 5.74) is 2.61. The first-order valence-corrected chi connectivity index (χ1v) is 7.63. The lowest BCUT2D eigenvalue weighted by Crippen LogP contribution is -1.94. The molecular formula is C18H16ClNO4. The quantitative estimate of drug-likeness (QED) is 0.751. The Labute approximate surface area is 144 Å². The van der Waals surface area contributed by atoms with E-state index in [9.17, 15) is 5.11 Å². The van der Waals surface area contributed by atoms with Gasteiger partial charge in [0.2, 0.25) is 0 Å². The standard InChI is InChI=1S/C18H16ClNO4/c1-22-13-7-8-14(16(9-13)23-2)17-15(10-21)18(24-20-17)11-3-5-12(19)6-4-11/h3-9,21H,10H2,1-2H3. The smallest absolute Gasteiger partial charge is 0.173 e. The molecular weight excluding hydrogens is 330 g/mol. The molecule has 124 valence electrons. The number of rotatable bonds is 5. The van der Waals surface area contributed by atoms with E-state index in [0.29, 0.717) is 39.1 Å². The first-order valence-electron chi connectivity index (χ1n) is 7.25. The Kier molecular flexibility index (Phi) is 4.74. The van der Waals surface area contributed by atoms with E-state index in [1.54, 1.807) is 38.5 Å². The lowest BCUT2D eigenvalue weighted by Gasteiger charge is -2.09. The summed E-state index contributed by atoms with van der Waals surface area (Å²) in [4.78, 5) is 0. The Morgan fingerprint density at radius 3 is 2.46 bits per heavy atom. The molecule has 1 N–H and O–H groups in total. The van der Waals surface area contributed by atoms with E-state index in [2.05, 4.69) is 5.16 Å². The molecule has 0 amide bonds.